The zero-order valence-electron chi connectivity index (χ0n) is 12.7. The predicted molar refractivity (Wildman–Crippen MR) is 85.5 cm³/mol. The van der Waals surface area contributed by atoms with Crippen molar-refractivity contribution in [1.29, 1.82) is 0 Å². The van der Waals surface area contributed by atoms with Gasteiger partial charge in [0.05, 0.1) is 17.6 Å². The fourth-order valence-corrected chi connectivity index (χ4v) is 2.26. The Balaban J connectivity index is 1.94. The van der Waals surface area contributed by atoms with Gasteiger partial charge in [0.1, 0.15) is 0 Å². The van der Waals surface area contributed by atoms with E-state index in [9.17, 15) is 0 Å². The summed E-state index contributed by atoms with van der Waals surface area (Å²) >= 11 is 0. The van der Waals surface area contributed by atoms with Crippen molar-refractivity contribution >= 4 is 10.8 Å². The maximum Gasteiger partial charge on any atom is 0.0783 e. The van der Waals surface area contributed by atoms with Crippen molar-refractivity contribution in [3.05, 3.63) is 54.4 Å². The van der Waals surface area contributed by atoms with Crippen molar-refractivity contribution in [3.63, 3.8) is 0 Å². The molecule has 0 amide bonds. The van der Waals surface area contributed by atoms with Gasteiger partial charge in [0.25, 0.3) is 0 Å². The normalized spacial score (nSPS) is 12.0. The topological polar surface area (TPSA) is 42.7 Å². The number of benzene rings is 2. The Morgan fingerprint density at radius 3 is 2.57 bits per heavy atom. The number of fused-ring (bicyclic) bond motifs is 1. The molecule has 4 heteroatoms. The molecule has 1 aromatic heterocycles. The summed E-state index contributed by atoms with van der Waals surface area (Å²) in [6, 6.07) is 14.7. The van der Waals surface area contributed by atoms with E-state index in [2.05, 4.69) is 78.9 Å². The van der Waals surface area contributed by atoms with Crippen LogP contribution in [0, 0.1) is 0 Å². The average Bonchev–Trinajstić information content (AvgIpc) is 2.92. The van der Waals surface area contributed by atoms with Gasteiger partial charge >= 0.3 is 0 Å². The smallest absolute Gasteiger partial charge is 0.0783 e. The summed E-state index contributed by atoms with van der Waals surface area (Å²) in [5, 5.41) is 14.2. The van der Waals surface area contributed by atoms with Crippen LogP contribution in [0.4, 0.5) is 0 Å². The standard InChI is InChI=1S/C17H20N4/c1-17(2,3)18-11-16-12-19-20-21(16)15-9-8-13-6-4-5-7-14(13)10-15/h4-10,12,18H,11H2,1-3H3. The SMILES string of the molecule is CC(C)(C)NCc1cnnn1-c1ccc2ccccc2c1. The second-order valence-corrected chi connectivity index (χ2v) is 6.27. The lowest BCUT2D eigenvalue weighted by atomic mass is 10.1. The van der Waals surface area contributed by atoms with Gasteiger partial charge in [0.15, 0.2) is 0 Å². The molecule has 1 heterocycles. The number of aromatic nitrogens is 3. The summed E-state index contributed by atoms with van der Waals surface area (Å²) in [5.41, 5.74) is 2.16. The molecule has 0 aliphatic heterocycles. The fourth-order valence-electron chi connectivity index (χ4n) is 2.26. The first-order valence-corrected chi connectivity index (χ1v) is 7.17. The van der Waals surface area contributed by atoms with E-state index < -0.39 is 0 Å². The van der Waals surface area contributed by atoms with E-state index in [1.54, 1.807) is 0 Å². The van der Waals surface area contributed by atoms with Crippen molar-refractivity contribution in [2.45, 2.75) is 32.9 Å². The first kappa shape index (κ1) is 13.8. The van der Waals surface area contributed by atoms with Gasteiger partial charge in [-0.2, -0.15) is 0 Å². The van der Waals surface area contributed by atoms with E-state index in [-0.39, 0.29) is 5.54 Å². The third-order valence-corrected chi connectivity index (χ3v) is 3.40. The summed E-state index contributed by atoms with van der Waals surface area (Å²) < 4.78 is 1.89. The minimum absolute atomic E-state index is 0.0679. The van der Waals surface area contributed by atoms with Crippen LogP contribution in [0.25, 0.3) is 16.5 Å². The van der Waals surface area contributed by atoms with Crippen LogP contribution in [0.15, 0.2) is 48.7 Å². The third kappa shape index (κ3) is 3.11. The predicted octanol–water partition coefficient (Wildman–Crippen LogP) is 3.31. The molecular weight excluding hydrogens is 260 g/mol. The second-order valence-electron chi connectivity index (χ2n) is 6.27. The highest BCUT2D eigenvalue weighted by Crippen LogP contribution is 2.19. The summed E-state index contributed by atoms with van der Waals surface area (Å²) in [6.07, 6.45) is 1.81. The Labute approximate surface area is 124 Å². The van der Waals surface area contributed by atoms with Gasteiger partial charge in [-0.05, 0) is 43.7 Å². The van der Waals surface area contributed by atoms with E-state index >= 15 is 0 Å². The van der Waals surface area contributed by atoms with Crippen molar-refractivity contribution in [3.8, 4) is 5.69 Å². The van der Waals surface area contributed by atoms with Crippen LogP contribution >= 0.6 is 0 Å². The first-order chi connectivity index (χ1) is 10.0. The highest BCUT2D eigenvalue weighted by Gasteiger charge is 2.12. The van der Waals surface area contributed by atoms with Gasteiger partial charge in [-0.15, -0.1) is 5.10 Å². The van der Waals surface area contributed by atoms with Crippen LogP contribution in [0.5, 0.6) is 0 Å². The molecule has 0 saturated heterocycles. The van der Waals surface area contributed by atoms with Crippen LogP contribution in [0.2, 0.25) is 0 Å². The highest BCUT2D eigenvalue weighted by atomic mass is 15.4. The summed E-state index contributed by atoms with van der Waals surface area (Å²) in [4.78, 5) is 0. The molecule has 0 unspecified atom stereocenters. The molecule has 21 heavy (non-hydrogen) atoms. The van der Waals surface area contributed by atoms with Crippen molar-refractivity contribution in [2.75, 3.05) is 0 Å². The van der Waals surface area contributed by atoms with Crippen LogP contribution in [-0.2, 0) is 6.54 Å². The van der Waals surface area contributed by atoms with E-state index in [1.165, 1.54) is 10.8 Å². The zero-order chi connectivity index (χ0) is 14.9. The first-order valence-electron chi connectivity index (χ1n) is 7.17. The number of nitrogens with one attached hydrogen (secondary N) is 1. The molecule has 0 aliphatic carbocycles. The van der Waals surface area contributed by atoms with Crippen LogP contribution in [0.3, 0.4) is 0 Å². The monoisotopic (exact) mass is 280 g/mol. The molecule has 0 atom stereocenters. The maximum atomic E-state index is 4.22. The van der Waals surface area contributed by atoms with Crippen molar-refractivity contribution < 1.29 is 0 Å². The van der Waals surface area contributed by atoms with Gasteiger partial charge in [-0.3, -0.25) is 0 Å². The Morgan fingerprint density at radius 2 is 1.81 bits per heavy atom. The fraction of sp³-hybridized carbons (Fsp3) is 0.294. The molecular formula is C17H20N4. The molecule has 0 fully saturated rings. The lowest BCUT2D eigenvalue weighted by Gasteiger charge is -2.20. The van der Waals surface area contributed by atoms with E-state index in [4.69, 9.17) is 0 Å². The quantitative estimate of drug-likeness (QED) is 0.800. The molecule has 0 saturated carbocycles. The van der Waals surface area contributed by atoms with Crippen LogP contribution < -0.4 is 5.32 Å². The van der Waals surface area contributed by atoms with Crippen LogP contribution in [-0.4, -0.2) is 20.5 Å². The second kappa shape index (κ2) is 5.30. The Bertz CT molecular complexity index is 753. The molecule has 108 valence electrons. The number of rotatable bonds is 3. The molecule has 0 spiro atoms. The molecule has 0 radical (unpaired) electrons. The van der Waals surface area contributed by atoms with Gasteiger partial charge in [-0.25, -0.2) is 4.68 Å². The van der Waals surface area contributed by atoms with E-state index in [0.29, 0.717) is 0 Å². The van der Waals surface area contributed by atoms with E-state index in [1.807, 2.05) is 10.9 Å². The largest absolute Gasteiger partial charge is 0.306 e. The van der Waals surface area contributed by atoms with Gasteiger partial charge in [0, 0.05) is 12.1 Å². The molecule has 0 bridgehead atoms. The number of hydrogen-bond donors (Lipinski definition) is 1. The average molecular weight is 280 g/mol. The Kier molecular flexibility index (Phi) is 3.47. The van der Waals surface area contributed by atoms with Gasteiger partial charge in [0.2, 0.25) is 0 Å². The Hall–Kier alpha value is -2.20. The highest BCUT2D eigenvalue weighted by molar-refractivity contribution is 5.84. The molecule has 3 rings (SSSR count). The lowest BCUT2D eigenvalue weighted by Crippen LogP contribution is -2.35. The Morgan fingerprint density at radius 1 is 1.05 bits per heavy atom. The van der Waals surface area contributed by atoms with E-state index in [0.717, 1.165) is 17.9 Å². The zero-order valence-corrected chi connectivity index (χ0v) is 12.7. The number of hydrogen-bond acceptors (Lipinski definition) is 3. The van der Waals surface area contributed by atoms with Crippen LogP contribution in [0.1, 0.15) is 26.5 Å². The molecule has 4 nitrogen and oxygen atoms in total. The van der Waals surface area contributed by atoms with Crippen molar-refractivity contribution in [2.24, 2.45) is 0 Å². The number of nitrogens with zero attached hydrogens (tertiary/aromatic N) is 3. The molecule has 0 aliphatic rings. The summed E-state index contributed by atoms with van der Waals surface area (Å²) in [6.45, 7) is 7.19. The summed E-state index contributed by atoms with van der Waals surface area (Å²) in [5.74, 6) is 0. The molecule has 2 aromatic carbocycles. The third-order valence-electron chi connectivity index (χ3n) is 3.40. The molecule has 3 aromatic rings. The molecule has 1 N–H and O–H groups in total. The minimum Gasteiger partial charge on any atom is -0.306 e. The van der Waals surface area contributed by atoms with Crippen molar-refractivity contribution in [1.82, 2.24) is 20.3 Å². The summed E-state index contributed by atoms with van der Waals surface area (Å²) in [7, 11) is 0. The minimum atomic E-state index is 0.0679. The lowest BCUT2D eigenvalue weighted by molar-refractivity contribution is 0.418. The van der Waals surface area contributed by atoms with Gasteiger partial charge in [-0.1, -0.05) is 35.5 Å². The van der Waals surface area contributed by atoms with Gasteiger partial charge < -0.3 is 5.32 Å². The maximum absolute atomic E-state index is 4.22.